The van der Waals surface area contributed by atoms with Crippen molar-refractivity contribution in [2.45, 2.75) is 44.6 Å². The van der Waals surface area contributed by atoms with Crippen LogP contribution in [0, 0.1) is 5.92 Å². The van der Waals surface area contributed by atoms with Gasteiger partial charge in [0.05, 0.1) is 0 Å². The van der Waals surface area contributed by atoms with Gasteiger partial charge < -0.3 is 8.85 Å². The molecule has 0 saturated heterocycles. The normalized spacial score (nSPS) is 18.7. The minimum absolute atomic E-state index is 0.915. The number of hydrogen-bond acceptors (Lipinski definition) is 2. The highest BCUT2D eigenvalue weighted by Crippen LogP contribution is 2.29. The molecule has 3 heteroatoms. The van der Waals surface area contributed by atoms with Crippen LogP contribution in [0.3, 0.4) is 0 Å². The lowest BCUT2D eigenvalue weighted by Gasteiger charge is -2.11. The van der Waals surface area contributed by atoms with Crippen LogP contribution in [0.2, 0.25) is 6.04 Å². The molecule has 13 heavy (non-hydrogen) atoms. The lowest BCUT2D eigenvalue weighted by atomic mass is 10.0. The highest BCUT2D eigenvalue weighted by atomic mass is 28.3. The van der Waals surface area contributed by atoms with E-state index in [4.69, 9.17) is 8.85 Å². The molecule has 0 heterocycles. The zero-order chi connectivity index (χ0) is 9.52. The smallest absolute Gasteiger partial charge is 0.384 e. The maximum atomic E-state index is 5.24. The van der Waals surface area contributed by atoms with Gasteiger partial charge in [-0.1, -0.05) is 38.5 Å². The fraction of sp³-hybridized carbons (Fsp3) is 1.00. The molecule has 0 aromatic rings. The van der Waals surface area contributed by atoms with Gasteiger partial charge in [-0.2, -0.15) is 0 Å². The van der Waals surface area contributed by atoms with Crippen LogP contribution in [0.25, 0.3) is 0 Å². The monoisotopic (exact) mass is 201 g/mol. The summed E-state index contributed by atoms with van der Waals surface area (Å²) in [5.41, 5.74) is 0. The average molecular weight is 201 g/mol. The van der Waals surface area contributed by atoms with E-state index in [0.717, 1.165) is 12.0 Å². The maximum absolute atomic E-state index is 5.24. The summed E-state index contributed by atoms with van der Waals surface area (Å²) in [6.45, 7) is 0. The Labute approximate surface area is 83.5 Å². The summed E-state index contributed by atoms with van der Waals surface area (Å²) >= 11 is 0. The van der Waals surface area contributed by atoms with Crippen molar-refractivity contribution in [3.63, 3.8) is 0 Å². The van der Waals surface area contributed by atoms with Gasteiger partial charge in [-0.3, -0.25) is 0 Å². The Bertz CT molecular complexity index is 118. The van der Waals surface area contributed by atoms with E-state index in [0.29, 0.717) is 0 Å². The van der Waals surface area contributed by atoms with Gasteiger partial charge in [-0.15, -0.1) is 0 Å². The summed E-state index contributed by atoms with van der Waals surface area (Å²) < 4.78 is 10.5. The molecule has 0 amide bonds. The third-order valence-corrected chi connectivity index (χ3v) is 4.60. The van der Waals surface area contributed by atoms with Gasteiger partial charge in [0.15, 0.2) is 0 Å². The van der Waals surface area contributed by atoms with E-state index in [-0.39, 0.29) is 0 Å². The van der Waals surface area contributed by atoms with Gasteiger partial charge in [-0.05, 0) is 12.0 Å². The lowest BCUT2D eigenvalue weighted by molar-refractivity contribution is 0.275. The Kier molecular flexibility index (Phi) is 5.67. The Hall–Kier alpha value is 0.137. The summed E-state index contributed by atoms with van der Waals surface area (Å²) in [6, 6.07) is 1.15. The van der Waals surface area contributed by atoms with Crippen LogP contribution in [0.1, 0.15) is 38.5 Å². The van der Waals surface area contributed by atoms with Crippen molar-refractivity contribution >= 4 is 9.28 Å². The van der Waals surface area contributed by atoms with Crippen LogP contribution in [-0.2, 0) is 8.85 Å². The first-order valence-corrected chi connectivity index (χ1v) is 6.83. The Balaban J connectivity index is 1.98. The average Bonchev–Trinajstić information content (AvgIpc) is 2.65. The molecule has 0 aromatic heterocycles. The van der Waals surface area contributed by atoms with Crippen molar-refractivity contribution in [2.24, 2.45) is 5.92 Å². The molecule has 0 spiro atoms. The summed E-state index contributed by atoms with van der Waals surface area (Å²) in [4.78, 5) is 0. The summed E-state index contributed by atoms with van der Waals surface area (Å²) in [7, 11) is 2.60. The van der Waals surface area contributed by atoms with Crippen LogP contribution in [0.15, 0.2) is 0 Å². The molecule has 77 valence electrons. The predicted octanol–water partition coefficient (Wildman–Crippen LogP) is 2.74. The van der Waals surface area contributed by atoms with E-state index in [1.807, 2.05) is 0 Å². The first-order valence-electron chi connectivity index (χ1n) is 5.30. The molecule has 1 saturated carbocycles. The van der Waals surface area contributed by atoms with Gasteiger partial charge in [0.25, 0.3) is 0 Å². The Morgan fingerprint density at radius 1 is 1.15 bits per heavy atom. The Morgan fingerprint density at radius 2 is 1.77 bits per heavy atom. The standard InChI is InChI=1S/C10H21O2Si/c1-11-13(12-2)9-5-8-10-6-3-4-7-10/h10H,3-9H2,1-2H3. The van der Waals surface area contributed by atoms with Gasteiger partial charge >= 0.3 is 9.28 Å². The van der Waals surface area contributed by atoms with E-state index in [2.05, 4.69) is 0 Å². The van der Waals surface area contributed by atoms with E-state index in [9.17, 15) is 0 Å². The zero-order valence-electron chi connectivity index (χ0n) is 8.84. The third-order valence-electron chi connectivity index (χ3n) is 2.92. The molecule has 1 rings (SSSR count). The number of rotatable bonds is 6. The van der Waals surface area contributed by atoms with E-state index in [1.54, 1.807) is 14.2 Å². The first-order chi connectivity index (χ1) is 6.36. The molecule has 1 fully saturated rings. The number of hydrogen-bond donors (Lipinski definition) is 0. The molecule has 0 unspecified atom stereocenters. The van der Waals surface area contributed by atoms with Crippen molar-refractivity contribution in [3.05, 3.63) is 0 Å². The van der Waals surface area contributed by atoms with Gasteiger partial charge in [0, 0.05) is 14.2 Å². The molecule has 1 radical (unpaired) electrons. The van der Waals surface area contributed by atoms with Crippen LogP contribution in [-0.4, -0.2) is 23.5 Å². The van der Waals surface area contributed by atoms with Gasteiger partial charge in [-0.25, -0.2) is 0 Å². The molecule has 1 aliphatic rings. The molecule has 1 aliphatic carbocycles. The maximum Gasteiger partial charge on any atom is 0.384 e. The highest BCUT2D eigenvalue weighted by Gasteiger charge is 2.17. The lowest BCUT2D eigenvalue weighted by Crippen LogP contribution is -2.18. The van der Waals surface area contributed by atoms with Crippen LogP contribution < -0.4 is 0 Å². The third kappa shape index (κ3) is 4.25. The highest BCUT2D eigenvalue weighted by molar-refractivity contribution is 6.44. The summed E-state index contributed by atoms with van der Waals surface area (Å²) in [6.07, 6.45) is 8.51. The first kappa shape index (κ1) is 11.2. The van der Waals surface area contributed by atoms with Crippen molar-refractivity contribution in [1.29, 1.82) is 0 Å². The van der Waals surface area contributed by atoms with Crippen molar-refractivity contribution in [3.8, 4) is 0 Å². The van der Waals surface area contributed by atoms with Gasteiger partial charge in [0.2, 0.25) is 0 Å². The summed E-state index contributed by atoms with van der Waals surface area (Å²) in [5.74, 6) is 1.01. The molecule has 0 aromatic carbocycles. The van der Waals surface area contributed by atoms with Crippen LogP contribution in [0.5, 0.6) is 0 Å². The van der Waals surface area contributed by atoms with Crippen LogP contribution in [0.4, 0.5) is 0 Å². The quantitative estimate of drug-likeness (QED) is 0.615. The second-order valence-electron chi connectivity index (χ2n) is 3.82. The van der Waals surface area contributed by atoms with Crippen molar-refractivity contribution < 1.29 is 8.85 Å². The summed E-state index contributed by atoms with van der Waals surface area (Å²) in [5, 5.41) is 0. The molecule has 0 N–H and O–H groups in total. The molecule has 0 bridgehead atoms. The van der Waals surface area contributed by atoms with E-state index in [1.165, 1.54) is 38.5 Å². The van der Waals surface area contributed by atoms with E-state index >= 15 is 0 Å². The zero-order valence-corrected chi connectivity index (χ0v) is 9.84. The van der Waals surface area contributed by atoms with Crippen molar-refractivity contribution in [2.75, 3.05) is 14.2 Å². The van der Waals surface area contributed by atoms with Gasteiger partial charge in [0.1, 0.15) is 0 Å². The SMILES string of the molecule is CO[Si](CCCC1CCCC1)OC. The minimum atomic E-state index is -0.915. The fourth-order valence-electron chi connectivity index (χ4n) is 2.12. The largest absolute Gasteiger partial charge is 0.397 e. The molecular weight excluding hydrogens is 180 g/mol. The Morgan fingerprint density at radius 3 is 2.31 bits per heavy atom. The molecule has 0 atom stereocenters. The second kappa shape index (κ2) is 6.57. The fourth-order valence-corrected chi connectivity index (χ4v) is 3.19. The van der Waals surface area contributed by atoms with Crippen molar-refractivity contribution in [1.82, 2.24) is 0 Å². The predicted molar refractivity (Wildman–Crippen MR) is 55.8 cm³/mol. The molecular formula is C10H21O2Si. The molecule has 0 aliphatic heterocycles. The van der Waals surface area contributed by atoms with E-state index < -0.39 is 9.28 Å². The molecule has 2 nitrogen and oxygen atoms in total. The second-order valence-corrected chi connectivity index (χ2v) is 5.88. The van der Waals surface area contributed by atoms with Crippen LogP contribution >= 0.6 is 0 Å². The topological polar surface area (TPSA) is 18.5 Å². The minimum Gasteiger partial charge on any atom is -0.397 e.